The number of carbonyl (C=O) groups is 2. The number of hydrogen-bond donors (Lipinski definition) is 1. The first-order chi connectivity index (χ1) is 18.3. The number of hydrogen-bond acceptors (Lipinski definition) is 4. The van der Waals surface area contributed by atoms with Crippen molar-refractivity contribution >= 4 is 50.7 Å². The molecule has 2 amide bonds. The van der Waals surface area contributed by atoms with Gasteiger partial charge in [-0.3, -0.25) is 13.9 Å². The maximum Gasteiger partial charge on any atom is 0.264 e. The van der Waals surface area contributed by atoms with Crippen LogP contribution in [0.25, 0.3) is 0 Å². The Bertz CT molecular complexity index is 1440. The van der Waals surface area contributed by atoms with Crippen LogP contribution in [0.5, 0.6) is 0 Å². The summed E-state index contributed by atoms with van der Waals surface area (Å²) in [5, 5.41) is 3.62. The van der Waals surface area contributed by atoms with E-state index in [0.717, 1.165) is 15.4 Å². The molecule has 0 aliphatic rings. The van der Waals surface area contributed by atoms with Gasteiger partial charge in [0.2, 0.25) is 11.8 Å². The van der Waals surface area contributed by atoms with Crippen molar-refractivity contribution in [1.29, 1.82) is 0 Å². The molecule has 3 aromatic carbocycles. The normalized spacial score (nSPS) is 12.2. The molecule has 0 saturated carbocycles. The molecule has 1 N–H and O–H groups in total. The Balaban J connectivity index is 2.07. The molecule has 39 heavy (non-hydrogen) atoms. The van der Waals surface area contributed by atoms with Crippen LogP contribution in [0.2, 0.25) is 10.0 Å². The molecule has 0 fully saturated rings. The van der Waals surface area contributed by atoms with Gasteiger partial charge in [0.05, 0.1) is 10.6 Å². The average molecular weight is 591 g/mol. The van der Waals surface area contributed by atoms with Crippen molar-refractivity contribution in [1.82, 2.24) is 10.2 Å². The van der Waals surface area contributed by atoms with E-state index < -0.39 is 28.5 Å². The lowest BCUT2D eigenvalue weighted by molar-refractivity contribution is -0.139. The highest BCUT2D eigenvalue weighted by Crippen LogP contribution is 2.29. The molecule has 0 unspecified atom stereocenters. The number of aryl methyl sites for hydroxylation is 2. The summed E-state index contributed by atoms with van der Waals surface area (Å²) >= 11 is 12.7. The zero-order valence-electron chi connectivity index (χ0n) is 22.6. The van der Waals surface area contributed by atoms with Gasteiger partial charge < -0.3 is 10.2 Å². The summed E-state index contributed by atoms with van der Waals surface area (Å²) in [7, 11) is -4.17. The minimum Gasteiger partial charge on any atom is -0.352 e. The summed E-state index contributed by atoms with van der Waals surface area (Å²) in [6, 6.07) is 17.2. The molecular weight excluding hydrogens is 557 g/mol. The first-order valence-electron chi connectivity index (χ1n) is 12.5. The summed E-state index contributed by atoms with van der Waals surface area (Å²) in [5.74, 6) is -0.939. The van der Waals surface area contributed by atoms with Crippen LogP contribution in [0, 0.1) is 13.8 Å². The Kier molecular flexibility index (Phi) is 10.0. The van der Waals surface area contributed by atoms with E-state index in [9.17, 15) is 18.0 Å². The van der Waals surface area contributed by atoms with Gasteiger partial charge in [0.15, 0.2) is 0 Å². The van der Waals surface area contributed by atoms with Gasteiger partial charge in [0.25, 0.3) is 10.0 Å². The number of halogens is 2. The highest BCUT2D eigenvalue weighted by Gasteiger charge is 2.33. The van der Waals surface area contributed by atoms with Crippen LogP contribution in [0.1, 0.15) is 37.5 Å². The second kappa shape index (κ2) is 12.9. The summed E-state index contributed by atoms with van der Waals surface area (Å²) in [5.41, 5.74) is 2.52. The zero-order chi connectivity index (χ0) is 28.9. The molecule has 0 aliphatic heterocycles. The number of nitrogens with zero attached hydrogens (tertiary/aromatic N) is 2. The molecule has 208 valence electrons. The molecule has 10 heteroatoms. The fourth-order valence-electron chi connectivity index (χ4n) is 3.90. The second-order valence-corrected chi connectivity index (χ2v) is 12.4. The van der Waals surface area contributed by atoms with Crippen molar-refractivity contribution in [2.45, 2.75) is 58.1 Å². The number of benzene rings is 3. The molecule has 0 radical (unpaired) electrons. The van der Waals surface area contributed by atoms with Crippen molar-refractivity contribution in [3.63, 3.8) is 0 Å². The van der Waals surface area contributed by atoms with Gasteiger partial charge in [-0.25, -0.2) is 8.42 Å². The lowest BCUT2D eigenvalue weighted by Crippen LogP contribution is -2.52. The van der Waals surface area contributed by atoms with Gasteiger partial charge in [0.1, 0.15) is 12.6 Å². The molecule has 1 atom stereocenters. The van der Waals surface area contributed by atoms with Crippen LogP contribution in [0.3, 0.4) is 0 Å². The Morgan fingerprint density at radius 1 is 0.897 bits per heavy atom. The second-order valence-electron chi connectivity index (χ2n) is 9.71. The molecule has 0 spiro atoms. The van der Waals surface area contributed by atoms with E-state index in [0.29, 0.717) is 15.6 Å². The quantitative estimate of drug-likeness (QED) is 0.326. The minimum absolute atomic E-state index is 0.0122. The standard InChI is InChI=1S/C29H33Cl2N3O4S/c1-19(2)32-29(36)22(5)33(17-23-8-6-7-9-26(23)30)28(35)18-34(24-13-12-21(4)27(31)16-24)39(37,38)25-14-10-20(3)11-15-25/h6-16,19,22H,17-18H2,1-5H3,(H,32,36)/t22-/m1/s1. The third-order valence-electron chi connectivity index (χ3n) is 6.23. The highest BCUT2D eigenvalue weighted by molar-refractivity contribution is 7.92. The fraction of sp³-hybridized carbons (Fsp3) is 0.310. The van der Waals surface area contributed by atoms with Gasteiger partial charge in [-0.05, 0) is 76.1 Å². The molecular formula is C29H33Cl2N3O4S. The summed E-state index contributed by atoms with van der Waals surface area (Å²) in [6.07, 6.45) is 0. The SMILES string of the molecule is Cc1ccc(S(=O)(=O)N(CC(=O)N(Cc2ccccc2Cl)[C@H](C)C(=O)NC(C)C)c2ccc(C)c(Cl)c2)cc1. The molecule has 0 heterocycles. The Morgan fingerprint density at radius 3 is 2.13 bits per heavy atom. The van der Waals surface area contributed by atoms with Crippen molar-refractivity contribution in [3.8, 4) is 0 Å². The average Bonchev–Trinajstić information content (AvgIpc) is 2.87. The summed E-state index contributed by atoms with van der Waals surface area (Å²) in [6.45, 7) is 8.36. The molecule has 0 aromatic heterocycles. The number of anilines is 1. The van der Waals surface area contributed by atoms with Gasteiger partial charge in [-0.15, -0.1) is 0 Å². The van der Waals surface area contributed by atoms with E-state index >= 15 is 0 Å². The van der Waals surface area contributed by atoms with Crippen molar-refractivity contribution in [2.24, 2.45) is 0 Å². The number of sulfonamides is 1. The molecule has 0 saturated heterocycles. The number of nitrogens with one attached hydrogen (secondary N) is 1. The third kappa shape index (κ3) is 7.53. The summed E-state index contributed by atoms with van der Waals surface area (Å²) < 4.78 is 28.8. The van der Waals surface area contributed by atoms with Crippen LogP contribution < -0.4 is 9.62 Å². The van der Waals surface area contributed by atoms with Crippen molar-refractivity contribution in [2.75, 3.05) is 10.8 Å². The molecule has 0 aliphatic carbocycles. The Labute approximate surface area is 240 Å². The lowest BCUT2D eigenvalue weighted by atomic mass is 10.1. The van der Waals surface area contributed by atoms with Crippen LogP contribution in [-0.2, 0) is 26.2 Å². The number of amides is 2. The smallest absolute Gasteiger partial charge is 0.264 e. The van der Waals surface area contributed by atoms with Gasteiger partial charge in [-0.2, -0.15) is 0 Å². The van der Waals surface area contributed by atoms with Crippen LogP contribution in [0.4, 0.5) is 5.69 Å². The predicted molar refractivity (Wildman–Crippen MR) is 157 cm³/mol. The van der Waals surface area contributed by atoms with E-state index in [-0.39, 0.29) is 29.1 Å². The lowest BCUT2D eigenvalue weighted by Gasteiger charge is -2.32. The minimum atomic E-state index is -4.17. The maximum absolute atomic E-state index is 13.9. The maximum atomic E-state index is 13.9. The van der Waals surface area contributed by atoms with E-state index in [2.05, 4.69) is 5.32 Å². The first-order valence-corrected chi connectivity index (χ1v) is 14.7. The highest BCUT2D eigenvalue weighted by atomic mass is 35.5. The van der Waals surface area contributed by atoms with Gasteiger partial charge >= 0.3 is 0 Å². The number of carbonyl (C=O) groups excluding carboxylic acids is 2. The molecule has 7 nitrogen and oxygen atoms in total. The predicted octanol–water partition coefficient (Wildman–Crippen LogP) is 5.75. The van der Waals surface area contributed by atoms with Gasteiger partial charge in [-0.1, -0.05) is 65.2 Å². The Hall–Kier alpha value is -3.07. The van der Waals surface area contributed by atoms with Crippen LogP contribution in [0.15, 0.2) is 71.6 Å². The monoisotopic (exact) mass is 589 g/mol. The largest absolute Gasteiger partial charge is 0.352 e. The summed E-state index contributed by atoms with van der Waals surface area (Å²) in [4.78, 5) is 28.3. The van der Waals surface area contributed by atoms with Crippen LogP contribution >= 0.6 is 23.2 Å². The Morgan fingerprint density at radius 2 is 1.54 bits per heavy atom. The van der Waals surface area contributed by atoms with Crippen molar-refractivity contribution < 1.29 is 18.0 Å². The molecule has 3 aromatic rings. The zero-order valence-corrected chi connectivity index (χ0v) is 24.9. The van der Waals surface area contributed by atoms with Gasteiger partial charge in [0, 0.05) is 22.6 Å². The van der Waals surface area contributed by atoms with Crippen molar-refractivity contribution in [3.05, 3.63) is 93.5 Å². The first kappa shape index (κ1) is 30.5. The third-order valence-corrected chi connectivity index (χ3v) is 8.79. The molecule has 0 bridgehead atoms. The topological polar surface area (TPSA) is 86.8 Å². The van der Waals surface area contributed by atoms with E-state index in [1.807, 2.05) is 20.8 Å². The number of rotatable bonds is 10. The van der Waals surface area contributed by atoms with E-state index in [1.54, 1.807) is 62.4 Å². The van der Waals surface area contributed by atoms with E-state index in [4.69, 9.17) is 23.2 Å². The fourth-order valence-corrected chi connectivity index (χ4v) is 5.68. The molecule has 3 rings (SSSR count). The van der Waals surface area contributed by atoms with E-state index in [1.165, 1.54) is 23.1 Å². The van der Waals surface area contributed by atoms with Crippen LogP contribution in [-0.4, -0.2) is 43.8 Å².